The van der Waals surface area contributed by atoms with Gasteiger partial charge in [-0.3, -0.25) is 4.90 Å². The summed E-state index contributed by atoms with van der Waals surface area (Å²) >= 11 is 0. The van der Waals surface area contributed by atoms with Crippen LogP contribution in [-0.4, -0.2) is 108 Å². The molecule has 0 bridgehead atoms. The third kappa shape index (κ3) is 6.45. The number of morpholine rings is 1. The minimum atomic E-state index is -3.38. The molecule has 0 aromatic heterocycles. The number of hydrogen-bond acceptors (Lipinski definition) is 7. The van der Waals surface area contributed by atoms with Gasteiger partial charge in [0, 0.05) is 57.9 Å². The summed E-state index contributed by atoms with van der Waals surface area (Å²) in [7, 11) is -0.0960. The second-order valence-electron chi connectivity index (χ2n) is 7.50. The Morgan fingerprint density at radius 2 is 1.77 bits per heavy atom. The number of carbonyl (C=O) groups is 1. The monoisotopic (exact) mass is 456 g/mol. The lowest BCUT2D eigenvalue weighted by Gasteiger charge is -2.35. The number of amides is 2. The molecule has 2 aliphatic heterocycles. The largest absolute Gasteiger partial charge is 0.497 e. The van der Waals surface area contributed by atoms with Crippen LogP contribution in [0, 0.1) is 0 Å². The lowest BCUT2D eigenvalue weighted by Crippen LogP contribution is -2.52. The van der Waals surface area contributed by atoms with Crippen LogP contribution in [0.25, 0.3) is 0 Å². The number of nitrogens with zero attached hydrogens (tertiary/aromatic N) is 3. The van der Waals surface area contributed by atoms with E-state index in [0.717, 1.165) is 30.2 Å². The molecular weight excluding hydrogens is 424 g/mol. The van der Waals surface area contributed by atoms with Gasteiger partial charge in [-0.05, 0) is 18.2 Å². The number of carbonyl (C=O) groups excluding carboxylic acids is 1. The Labute approximate surface area is 184 Å². The minimum Gasteiger partial charge on any atom is -0.497 e. The number of urea groups is 1. The Morgan fingerprint density at radius 3 is 2.42 bits per heavy atom. The smallest absolute Gasteiger partial charge is 0.317 e. The van der Waals surface area contributed by atoms with Crippen molar-refractivity contribution < 1.29 is 27.4 Å². The quantitative estimate of drug-likeness (QED) is 0.596. The fraction of sp³-hybridized carbons (Fsp3) is 0.650. The normalized spacial score (nSPS) is 18.6. The molecule has 2 fully saturated rings. The van der Waals surface area contributed by atoms with Crippen molar-refractivity contribution >= 4 is 16.1 Å². The van der Waals surface area contributed by atoms with Crippen LogP contribution in [0.5, 0.6) is 11.5 Å². The summed E-state index contributed by atoms with van der Waals surface area (Å²) in [6, 6.07) is 5.50. The van der Waals surface area contributed by atoms with Gasteiger partial charge in [0.1, 0.15) is 11.5 Å². The number of hydrogen-bond donors (Lipinski definition) is 1. The molecule has 0 radical (unpaired) electrons. The summed E-state index contributed by atoms with van der Waals surface area (Å²) in [5, 5.41) is 2.74. The van der Waals surface area contributed by atoms with Crippen molar-refractivity contribution in [3.05, 3.63) is 23.8 Å². The number of piperazine rings is 1. The van der Waals surface area contributed by atoms with Crippen molar-refractivity contribution in [2.24, 2.45) is 0 Å². The molecule has 0 aliphatic carbocycles. The second kappa shape index (κ2) is 11.0. The van der Waals surface area contributed by atoms with E-state index in [1.807, 2.05) is 18.2 Å². The van der Waals surface area contributed by atoms with Crippen LogP contribution in [0.4, 0.5) is 4.79 Å². The molecular formula is C20H32N4O6S. The van der Waals surface area contributed by atoms with Gasteiger partial charge in [0.2, 0.25) is 10.0 Å². The van der Waals surface area contributed by atoms with E-state index in [2.05, 4.69) is 10.2 Å². The van der Waals surface area contributed by atoms with E-state index in [1.54, 1.807) is 19.1 Å². The molecule has 3 rings (SSSR count). The predicted octanol–water partition coefficient (Wildman–Crippen LogP) is 0.193. The Hall–Kier alpha value is -2.08. The highest BCUT2D eigenvalue weighted by molar-refractivity contribution is 7.89. The van der Waals surface area contributed by atoms with E-state index in [0.29, 0.717) is 45.9 Å². The van der Waals surface area contributed by atoms with Gasteiger partial charge < -0.3 is 24.4 Å². The molecule has 174 valence electrons. The Balaban J connectivity index is 1.43. The summed E-state index contributed by atoms with van der Waals surface area (Å²) in [5.74, 6) is 1.48. The number of ether oxygens (including phenoxy) is 3. The highest BCUT2D eigenvalue weighted by atomic mass is 32.2. The maximum atomic E-state index is 12.4. The highest BCUT2D eigenvalue weighted by Gasteiger charge is 2.25. The van der Waals surface area contributed by atoms with Gasteiger partial charge in [-0.1, -0.05) is 0 Å². The SMILES string of the molecule is COc1ccc(OC)c(CN2CCN(C(=O)NCCS(=O)(=O)N3CCOCC3)CC2)c1. The van der Waals surface area contributed by atoms with E-state index >= 15 is 0 Å². The summed E-state index contributed by atoms with van der Waals surface area (Å²) < 4.78 is 42.0. The van der Waals surface area contributed by atoms with Crippen LogP contribution < -0.4 is 14.8 Å². The van der Waals surface area contributed by atoms with Gasteiger partial charge >= 0.3 is 6.03 Å². The van der Waals surface area contributed by atoms with E-state index in [9.17, 15) is 13.2 Å². The second-order valence-corrected chi connectivity index (χ2v) is 9.59. The summed E-state index contributed by atoms with van der Waals surface area (Å²) in [6.07, 6.45) is 0. The molecule has 2 heterocycles. The fourth-order valence-electron chi connectivity index (χ4n) is 3.71. The fourth-order valence-corrected chi connectivity index (χ4v) is 5.03. The van der Waals surface area contributed by atoms with Gasteiger partial charge in [0.25, 0.3) is 0 Å². The molecule has 1 N–H and O–H groups in total. The molecule has 0 saturated carbocycles. The number of benzene rings is 1. The molecule has 1 aromatic carbocycles. The molecule has 10 nitrogen and oxygen atoms in total. The average Bonchev–Trinajstić information content (AvgIpc) is 2.80. The number of nitrogens with one attached hydrogen (secondary N) is 1. The van der Waals surface area contributed by atoms with Crippen molar-refractivity contribution in [2.75, 3.05) is 79.0 Å². The van der Waals surface area contributed by atoms with Gasteiger partial charge in [-0.15, -0.1) is 0 Å². The third-order valence-corrected chi connectivity index (χ3v) is 7.41. The van der Waals surface area contributed by atoms with Crippen molar-refractivity contribution in [3.8, 4) is 11.5 Å². The van der Waals surface area contributed by atoms with Crippen molar-refractivity contribution in [3.63, 3.8) is 0 Å². The predicted molar refractivity (Wildman–Crippen MR) is 116 cm³/mol. The molecule has 2 saturated heterocycles. The lowest BCUT2D eigenvalue weighted by molar-refractivity contribution is 0.0730. The van der Waals surface area contributed by atoms with Gasteiger partial charge in [0.15, 0.2) is 0 Å². The maximum absolute atomic E-state index is 12.4. The van der Waals surface area contributed by atoms with E-state index in [-0.39, 0.29) is 18.3 Å². The van der Waals surface area contributed by atoms with Crippen LogP contribution in [0.3, 0.4) is 0 Å². The van der Waals surface area contributed by atoms with E-state index in [1.165, 1.54) is 4.31 Å². The van der Waals surface area contributed by atoms with E-state index in [4.69, 9.17) is 14.2 Å². The average molecular weight is 457 g/mol. The first-order chi connectivity index (χ1) is 14.9. The van der Waals surface area contributed by atoms with Gasteiger partial charge in [0.05, 0.1) is 33.2 Å². The first-order valence-electron chi connectivity index (χ1n) is 10.4. The molecule has 31 heavy (non-hydrogen) atoms. The maximum Gasteiger partial charge on any atom is 0.317 e. The highest BCUT2D eigenvalue weighted by Crippen LogP contribution is 2.25. The topological polar surface area (TPSA) is 101 Å². The number of methoxy groups -OCH3 is 2. The van der Waals surface area contributed by atoms with Gasteiger partial charge in [-0.2, -0.15) is 4.31 Å². The number of sulfonamides is 1. The Kier molecular flexibility index (Phi) is 8.35. The first kappa shape index (κ1) is 23.6. The molecule has 2 aliphatic rings. The van der Waals surface area contributed by atoms with Crippen molar-refractivity contribution in [1.82, 2.24) is 19.4 Å². The zero-order valence-corrected chi connectivity index (χ0v) is 19.0. The Morgan fingerprint density at radius 1 is 1.06 bits per heavy atom. The molecule has 0 atom stereocenters. The number of rotatable bonds is 8. The van der Waals surface area contributed by atoms with Crippen LogP contribution >= 0.6 is 0 Å². The molecule has 0 spiro atoms. The van der Waals surface area contributed by atoms with E-state index < -0.39 is 10.0 Å². The molecule has 0 unspecified atom stereocenters. The third-order valence-electron chi connectivity index (χ3n) is 5.54. The molecule has 11 heteroatoms. The summed E-state index contributed by atoms with van der Waals surface area (Å²) in [6.45, 7) is 4.97. The summed E-state index contributed by atoms with van der Waals surface area (Å²) in [4.78, 5) is 16.4. The Bertz CT molecular complexity index is 836. The lowest BCUT2D eigenvalue weighted by atomic mass is 10.1. The van der Waals surface area contributed by atoms with Crippen LogP contribution in [0.2, 0.25) is 0 Å². The van der Waals surface area contributed by atoms with Crippen molar-refractivity contribution in [1.29, 1.82) is 0 Å². The zero-order valence-electron chi connectivity index (χ0n) is 18.2. The summed E-state index contributed by atoms with van der Waals surface area (Å²) in [5.41, 5.74) is 1.04. The van der Waals surface area contributed by atoms with Crippen LogP contribution in [0.1, 0.15) is 5.56 Å². The van der Waals surface area contributed by atoms with Crippen LogP contribution in [-0.2, 0) is 21.3 Å². The van der Waals surface area contributed by atoms with Gasteiger partial charge in [-0.25, -0.2) is 13.2 Å². The van der Waals surface area contributed by atoms with Crippen LogP contribution in [0.15, 0.2) is 18.2 Å². The van der Waals surface area contributed by atoms with Crippen molar-refractivity contribution in [2.45, 2.75) is 6.54 Å². The molecule has 2 amide bonds. The zero-order chi connectivity index (χ0) is 22.3. The molecule has 1 aromatic rings. The standard InChI is InChI=1S/C20H32N4O6S/c1-28-18-3-4-19(29-2)17(15-18)16-22-6-8-23(9-7-22)20(25)21-5-14-31(26,27)24-10-12-30-13-11-24/h3-4,15H,5-14,16H2,1-2H3,(H,21,25). The minimum absolute atomic E-state index is 0.0970. The first-order valence-corrected chi connectivity index (χ1v) is 12.1.